The van der Waals surface area contributed by atoms with Gasteiger partial charge in [-0.15, -0.1) is 0 Å². The minimum atomic E-state index is -0.428. The summed E-state index contributed by atoms with van der Waals surface area (Å²) in [5, 5.41) is 9.13. The minimum absolute atomic E-state index is 0.00527. The van der Waals surface area contributed by atoms with Gasteiger partial charge < -0.3 is 15.6 Å². The second-order valence-electron chi connectivity index (χ2n) is 3.77. The molecule has 0 saturated heterocycles. The molecule has 90 valence electrons. The summed E-state index contributed by atoms with van der Waals surface area (Å²) >= 11 is 0. The van der Waals surface area contributed by atoms with Gasteiger partial charge in [0.2, 0.25) is 0 Å². The Balaban J connectivity index is 2.91. The number of halogens is 1. The molecule has 0 bridgehead atoms. The molecule has 0 saturated carbocycles. The maximum absolute atomic E-state index is 13.4. The summed E-state index contributed by atoms with van der Waals surface area (Å²) in [5.74, 6) is -0.274. The van der Waals surface area contributed by atoms with Crippen molar-refractivity contribution in [1.29, 1.82) is 0 Å². The summed E-state index contributed by atoms with van der Waals surface area (Å²) in [6.07, 6.45) is 0.755. The number of aliphatic hydroxyl groups excluding tert-OH is 1. The smallest absolute Gasteiger partial charge is 0.165 e. The first kappa shape index (κ1) is 12.9. The van der Waals surface area contributed by atoms with Crippen LogP contribution in [0.3, 0.4) is 0 Å². The van der Waals surface area contributed by atoms with Crippen molar-refractivity contribution in [3.63, 3.8) is 0 Å². The lowest BCUT2D eigenvalue weighted by Crippen LogP contribution is -2.23. The maximum Gasteiger partial charge on any atom is 0.165 e. The number of aliphatic hydroxyl groups is 1. The molecule has 0 spiro atoms. The highest BCUT2D eigenvalue weighted by Gasteiger charge is 2.18. The van der Waals surface area contributed by atoms with E-state index in [1.54, 1.807) is 12.1 Å². The normalized spacial score (nSPS) is 14.6. The second kappa shape index (κ2) is 5.82. The molecule has 1 aromatic rings. The zero-order valence-electron chi connectivity index (χ0n) is 9.61. The molecule has 0 aliphatic rings. The highest BCUT2D eigenvalue weighted by molar-refractivity contribution is 5.31. The first-order valence-electron chi connectivity index (χ1n) is 5.33. The van der Waals surface area contributed by atoms with Crippen LogP contribution in [0.4, 0.5) is 4.39 Å². The van der Waals surface area contributed by atoms with Crippen LogP contribution in [0.5, 0.6) is 5.75 Å². The lowest BCUT2D eigenvalue weighted by molar-refractivity contribution is 0.200. The standard InChI is InChI=1S/C12H18FNO2/c1-3-8(7-15)12(14)9-4-5-11(16-2)10(13)6-9/h4-6,8,12,15H,3,7,14H2,1-2H3. The predicted octanol–water partition coefficient (Wildman–Crippen LogP) is 1.85. The molecular formula is C12H18FNO2. The molecule has 1 aromatic carbocycles. The Morgan fingerprint density at radius 1 is 1.50 bits per heavy atom. The fourth-order valence-electron chi connectivity index (χ4n) is 1.66. The predicted molar refractivity (Wildman–Crippen MR) is 60.7 cm³/mol. The summed E-state index contributed by atoms with van der Waals surface area (Å²) in [6, 6.07) is 4.29. The summed E-state index contributed by atoms with van der Waals surface area (Å²) in [6.45, 7) is 1.95. The monoisotopic (exact) mass is 227 g/mol. The van der Waals surface area contributed by atoms with Crippen molar-refractivity contribution < 1.29 is 14.2 Å². The molecule has 3 nitrogen and oxygen atoms in total. The van der Waals surface area contributed by atoms with Crippen LogP contribution < -0.4 is 10.5 Å². The van der Waals surface area contributed by atoms with E-state index < -0.39 is 5.82 Å². The highest BCUT2D eigenvalue weighted by Crippen LogP contribution is 2.26. The molecule has 0 aromatic heterocycles. The third kappa shape index (κ3) is 2.71. The molecule has 2 atom stereocenters. The first-order valence-corrected chi connectivity index (χ1v) is 5.33. The topological polar surface area (TPSA) is 55.5 Å². The van der Waals surface area contributed by atoms with Gasteiger partial charge in [-0.05, 0) is 24.1 Å². The van der Waals surface area contributed by atoms with E-state index in [1.165, 1.54) is 13.2 Å². The molecule has 0 aliphatic heterocycles. The van der Waals surface area contributed by atoms with Crippen molar-refractivity contribution in [2.75, 3.05) is 13.7 Å². The van der Waals surface area contributed by atoms with E-state index in [0.717, 1.165) is 6.42 Å². The van der Waals surface area contributed by atoms with E-state index in [-0.39, 0.29) is 24.3 Å². The van der Waals surface area contributed by atoms with Gasteiger partial charge in [-0.1, -0.05) is 13.0 Å². The first-order chi connectivity index (χ1) is 7.63. The van der Waals surface area contributed by atoms with Gasteiger partial charge in [-0.25, -0.2) is 4.39 Å². The van der Waals surface area contributed by atoms with Gasteiger partial charge >= 0.3 is 0 Å². The molecule has 0 heterocycles. The molecule has 0 amide bonds. The third-order valence-corrected chi connectivity index (χ3v) is 2.83. The van der Waals surface area contributed by atoms with Gasteiger partial charge in [0.25, 0.3) is 0 Å². The van der Waals surface area contributed by atoms with Crippen LogP contribution in [-0.4, -0.2) is 18.8 Å². The van der Waals surface area contributed by atoms with Gasteiger partial charge in [0.1, 0.15) is 0 Å². The van der Waals surface area contributed by atoms with Crippen molar-refractivity contribution in [2.24, 2.45) is 11.7 Å². The highest BCUT2D eigenvalue weighted by atomic mass is 19.1. The van der Waals surface area contributed by atoms with Gasteiger partial charge in [0.05, 0.1) is 7.11 Å². The number of hydrogen-bond acceptors (Lipinski definition) is 3. The van der Waals surface area contributed by atoms with Gasteiger partial charge in [-0.2, -0.15) is 0 Å². The molecule has 3 N–H and O–H groups in total. The molecule has 2 unspecified atom stereocenters. The Morgan fingerprint density at radius 2 is 2.19 bits per heavy atom. The summed E-state index contributed by atoms with van der Waals surface area (Å²) in [4.78, 5) is 0. The Hall–Kier alpha value is -1.13. The Bertz CT molecular complexity index is 340. The number of hydrogen-bond donors (Lipinski definition) is 2. The van der Waals surface area contributed by atoms with Crippen LogP contribution in [0, 0.1) is 11.7 Å². The van der Waals surface area contributed by atoms with Crippen LogP contribution in [0.1, 0.15) is 24.9 Å². The summed E-state index contributed by atoms with van der Waals surface area (Å²) in [5.41, 5.74) is 6.63. The fraction of sp³-hybridized carbons (Fsp3) is 0.500. The molecule has 0 radical (unpaired) electrons. The van der Waals surface area contributed by atoms with Crippen LogP contribution in [0.15, 0.2) is 18.2 Å². The Labute approximate surface area is 95.0 Å². The molecular weight excluding hydrogens is 209 g/mol. The lowest BCUT2D eigenvalue weighted by atomic mass is 9.92. The Morgan fingerprint density at radius 3 is 2.62 bits per heavy atom. The fourth-order valence-corrected chi connectivity index (χ4v) is 1.66. The van der Waals surface area contributed by atoms with Crippen molar-refractivity contribution >= 4 is 0 Å². The van der Waals surface area contributed by atoms with Gasteiger partial charge in [0.15, 0.2) is 11.6 Å². The molecule has 16 heavy (non-hydrogen) atoms. The number of nitrogens with two attached hydrogens (primary N) is 1. The summed E-state index contributed by atoms with van der Waals surface area (Å²) in [7, 11) is 1.42. The number of methoxy groups -OCH3 is 1. The zero-order valence-corrected chi connectivity index (χ0v) is 9.61. The second-order valence-corrected chi connectivity index (χ2v) is 3.77. The maximum atomic E-state index is 13.4. The number of benzene rings is 1. The molecule has 1 rings (SSSR count). The zero-order chi connectivity index (χ0) is 12.1. The number of rotatable bonds is 5. The van der Waals surface area contributed by atoms with Crippen LogP contribution in [0.2, 0.25) is 0 Å². The van der Waals surface area contributed by atoms with Crippen LogP contribution >= 0.6 is 0 Å². The largest absolute Gasteiger partial charge is 0.494 e. The van der Waals surface area contributed by atoms with Crippen molar-refractivity contribution in [3.8, 4) is 5.75 Å². The van der Waals surface area contributed by atoms with E-state index >= 15 is 0 Å². The van der Waals surface area contributed by atoms with E-state index in [0.29, 0.717) is 5.56 Å². The van der Waals surface area contributed by atoms with Crippen molar-refractivity contribution in [3.05, 3.63) is 29.6 Å². The van der Waals surface area contributed by atoms with E-state index in [9.17, 15) is 4.39 Å². The lowest BCUT2D eigenvalue weighted by Gasteiger charge is -2.21. The van der Waals surface area contributed by atoms with Gasteiger partial charge in [0, 0.05) is 18.6 Å². The van der Waals surface area contributed by atoms with E-state index in [2.05, 4.69) is 0 Å². The average Bonchev–Trinajstić information content (AvgIpc) is 2.30. The molecule has 0 aliphatic carbocycles. The SMILES string of the molecule is CCC(CO)C(N)c1ccc(OC)c(F)c1. The van der Waals surface area contributed by atoms with Crippen molar-refractivity contribution in [1.82, 2.24) is 0 Å². The van der Waals surface area contributed by atoms with E-state index in [1.807, 2.05) is 6.92 Å². The van der Waals surface area contributed by atoms with Crippen LogP contribution in [0.25, 0.3) is 0 Å². The average molecular weight is 227 g/mol. The third-order valence-electron chi connectivity index (χ3n) is 2.83. The van der Waals surface area contributed by atoms with E-state index in [4.69, 9.17) is 15.6 Å². The van der Waals surface area contributed by atoms with Gasteiger partial charge in [-0.3, -0.25) is 0 Å². The molecule has 4 heteroatoms. The summed E-state index contributed by atoms with van der Waals surface area (Å²) < 4.78 is 18.3. The quantitative estimate of drug-likeness (QED) is 0.807. The minimum Gasteiger partial charge on any atom is -0.494 e. The molecule has 0 fully saturated rings. The Kier molecular flexibility index (Phi) is 4.71. The van der Waals surface area contributed by atoms with Crippen LogP contribution in [-0.2, 0) is 0 Å². The van der Waals surface area contributed by atoms with Crippen molar-refractivity contribution in [2.45, 2.75) is 19.4 Å². The number of ether oxygens (including phenoxy) is 1.